The van der Waals surface area contributed by atoms with E-state index in [4.69, 9.17) is 17.0 Å². The molecule has 1 unspecified atom stereocenters. The standard InChI is InChI=1S/C21H22N2O2S/c1-4-23-14(2)18(20(24)16-8-6-5-7-9-16)19(22-21(23)26)15-10-12-17(25-3)13-11-15/h5-13,19H,4H2,1-3H3,(H,22,26). The number of allylic oxidation sites excluding steroid dienone is 1. The molecule has 134 valence electrons. The van der Waals surface area contributed by atoms with Gasteiger partial charge in [-0.2, -0.15) is 0 Å². The maximum Gasteiger partial charge on any atom is 0.193 e. The van der Waals surface area contributed by atoms with Gasteiger partial charge in [0.05, 0.1) is 13.2 Å². The first kappa shape index (κ1) is 18.1. The average Bonchev–Trinajstić information content (AvgIpc) is 2.68. The Labute approximate surface area is 159 Å². The van der Waals surface area contributed by atoms with Crippen LogP contribution in [0, 0.1) is 0 Å². The lowest BCUT2D eigenvalue weighted by Crippen LogP contribution is -2.47. The minimum atomic E-state index is -0.288. The van der Waals surface area contributed by atoms with Crippen molar-refractivity contribution < 1.29 is 9.53 Å². The largest absolute Gasteiger partial charge is 0.497 e. The number of carbonyl (C=O) groups excluding carboxylic acids is 1. The molecule has 1 aliphatic heterocycles. The van der Waals surface area contributed by atoms with Crippen molar-refractivity contribution >= 4 is 23.1 Å². The molecule has 5 heteroatoms. The summed E-state index contributed by atoms with van der Waals surface area (Å²) in [6.45, 7) is 4.69. The van der Waals surface area contributed by atoms with E-state index in [-0.39, 0.29) is 11.8 Å². The van der Waals surface area contributed by atoms with Gasteiger partial charge >= 0.3 is 0 Å². The second kappa shape index (κ2) is 7.70. The molecule has 0 fully saturated rings. The van der Waals surface area contributed by atoms with Crippen LogP contribution in [0.25, 0.3) is 0 Å². The summed E-state index contributed by atoms with van der Waals surface area (Å²) in [4.78, 5) is 15.3. The monoisotopic (exact) mass is 366 g/mol. The Bertz CT molecular complexity index is 844. The van der Waals surface area contributed by atoms with Gasteiger partial charge in [0.25, 0.3) is 0 Å². The molecule has 26 heavy (non-hydrogen) atoms. The van der Waals surface area contributed by atoms with Crippen molar-refractivity contribution in [1.82, 2.24) is 10.2 Å². The van der Waals surface area contributed by atoms with E-state index >= 15 is 0 Å². The highest BCUT2D eigenvalue weighted by molar-refractivity contribution is 7.80. The molecule has 1 atom stereocenters. The first-order valence-corrected chi connectivity index (χ1v) is 9.00. The van der Waals surface area contributed by atoms with Crippen LogP contribution in [0.4, 0.5) is 0 Å². The summed E-state index contributed by atoms with van der Waals surface area (Å²) < 4.78 is 5.24. The predicted molar refractivity (Wildman–Crippen MR) is 107 cm³/mol. The highest BCUT2D eigenvalue weighted by Crippen LogP contribution is 2.33. The van der Waals surface area contributed by atoms with Crippen LogP contribution in [0.2, 0.25) is 0 Å². The number of Topliss-reactive ketones (excluding diaryl/α,β-unsaturated/α-hetero) is 1. The molecule has 2 aromatic carbocycles. The number of benzene rings is 2. The fourth-order valence-corrected chi connectivity index (χ4v) is 3.63. The molecule has 2 aromatic rings. The van der Waals surface area contributed by atoms with E-state index in [2.05, 4.69) is 5.32 Å². The highest BCUT2D eigenvalue weighted by Gasteiger charge is 2.33. The molecule has 1 aliphatic rings. The smallest absolute Gasteiger partial charge is 0.193 e. The van der Waals surface area contributed by atoms with Gasteiger partial charge in [-0.3, -0.25) is 4.79 Å². The number of ether oxygens (including phenoxy) is 1. The van der Waals surface area contributed by atoms with Crippen molar-refractivity contribution in [3.8, 4) is 5.75 Å². The molecule has 0 spiro atoms. The summed E-state index contributed by atoms with van der Waals surface area (Å²) in [6.07, 6.45) is 0. The van der Waals surface area contributed by atoms with Crippen molar-refractivity contribution in [1.29, 1.82) is 0 Å². The molecule has 3 rings (SSSR count). The second-order valence-electron chi connectivity index (χ2n) is 6.09. The lowest BCUT2D eigenvalue weighted by molar-refractivity contribution is 0.102. The van der Waals surface area contributed by atoms with Crippen molar-refractivity contribution in [3.63, 3.8) is 0 Å². The van der Waals surface area contributed by atoms with Crippen LogP contribution in [0.1, 0.15) is 35.8 Å². The fraction of sp³-hybridized carbons (Fsp3) is 0.238. The van der Waals surface area contributed by atoms with E-state index < -0.39 is 0 Å². The van der Waals surface area contributed by atoms with Gasteiger partial charge in [-0.1, -0.05) is 42.5 Å². The molecule has 0 aromatic heterocycles. The number of nitrogens with one attached hydrogen (secondary N) is 1. The Morgan fingerprint density at radius 3 is 2.38 bits per heavy atom. The SMILES string of the molecule is CCN1C(=S)NC(c2ccc(OC)cc2)C(C(=O)c2ccccc2)=C1C. The Hall–Kier alpha value is -2.66. The lowest BCUT2D eigenvalue weighted by Gasteiger charge is -2.37. The first-order valence-electron chi connectivity index (χ1n) is 8.59. The van der Waals surface area contributed by atoms with Crippen LogP contribution < -0.4 is 10.1 Å². The maximum absolute atomic E-state index is 13.3. The van der Waals surface area contributed by atoms with Gasteiger partial charge in [-0.05, 0) is 43.8 Å². The van der Waals surface area contributed by atoms with Crippen LogP contribution in [-0.2, 0) is 0 Å². The molecule has 0 saturated heterocycles. The summed E-state index contributed by atoms with van der Waals surface area (Å²) in [6, 6.07) is 16.8. The van der Waals surface area contributed by atoms with Gasteiger partial charge in [0.15, 0.2) is 10.9 Å². The third-order valence-corrected chi connectivity index (χ3v) is 4.98. The van der Waals surface area contributed by atoms with Gasteiger partial charge in [0.1, 0.15) is 5.75 Å². The molecule has 1 N–H and O–H groups in total. The minimum absolute atomic E-state index is 0.0115. The zero-order chi connectivity index (χ0) is 18.7. The molecule has 4 nitrogen and oxygen atoms in total. The molecular formula is C21H22N2O2S. The average molecular weight is 366 g/mol. The number of hydrogen-bond acceptors (Lipinski definition) is 3. The van der Waals surface area contributed by atoms with Crippen LogP contribution in [0.15, 0.2) is 65.9 Å². The van der Waals surface area contributed by atoms with Crippen LogP contribution in [0.5, 0.6) is 5.75 Å². The Morgan fingerprint density at radius 2 is 1.81 bits per heavy atom. The number of ketones is 1. The quantitative estimate of drug-likeness (QED) is 0.637. The molecule has 0 radical (unpaired) electrons. The molecular weight excluding hydrogens is 344 g/mol. The maximum atomic E-state index is 13.3. The van der Waals surface area contributed by atoms with Crippen molar-refractivity contribution in [3.05, 3.63) is 77.0 Å². The van der Waals surface area contributed by atoms with E-state index in [1.165, 1.54) is 0 Å². The van der Waals surface area contributed by atoms with E-state index in [1.54, 1.807) is 7.11 Å². The Kier molecular flexibility index (Phi) is 5.38. The highest BCUT2D eigenvalue weighted by atomic mass is 32.1. The number of hydrogen-bond donors (Lipinski definition) is 1. The predicted octanol–water partition coefficient (Wildman–Crippen LogP) is 4.10. The Morgan fingerprint density at radius 1 is 1.15 bits per heavy atom. The Balaban J connectivity index is 2.10. The van der Waals surface area contributed by atoms with Crippen molar-refractivity contribution in [2.45, 2.75) is 19.9 Å². The number of thiocarbonyl (C=S) groups is 1. The molecule has 0 bridgehead atoms. The summed E-state index contributed by atoms with van der Waals surface area (Å²) in [5, 5.41) is 3.97. The van der Waals surface area contributed by atoms with Crippen LogP contribution in [-0.4, -0.2) is 29.5 Å². The van der Waals surface area contributed by atoms with E-state index in [0.29, 0.717) is 17.2 Å². The summed E-state index contributed by atoms with van der Waals surface area (Å²) in [5.41, 5.74) is 3.26. The van der Waals surface area contributed by atoms with Gasteiger partial charge in [-0.25, -0.2) is 0 Å². The molecule has 0 aliphatic carbocycles. The zero-order valence-corrected chi connectivity index (χ0v) is 16.0. The van der Waals surface area contributed by atoms with Crippen molar-refractivity contribution in [2.75, 3.05) is 13.7 Å². The van der Waals surface area contributed by atoms with Crippen LogP contribution >= 0.6 is 12.2 Å². The van der Waals surface area contributed by atoms with Crippen LogP contribution in [0.3, 0.4) is 0 Å². The number of nitrogens with zero attached hydrogens (tertiary/aromatic N) is 1. The summed E-state index contributed by atoms with van der Waals surface area (Å²) >= 11 is 5.53. The lowest BCUT2D eigenvalue weighted by atomic mass is 9.89. The van der Waals surface area contributed by atoms with Gasteiger partial charge in [-0.15, -0.1) is 0 Å². The third-order valence-electron chi connectivity index (χ3n) is 4.64. The second-order valence-corrected chi connectivity index (χ2v) is 6.48. The number of rotatable bonds is 5. The summed E-state index contributed by atoms with van der Waals surface area (Å²) in [5.74, 6) is 0.788. The normalized spacial score (nSPS) is 17.1. The fourth-order valence-electron chi connectivity index (χ4n) is 3.25. The van der Waals surface area contributed by atoms with E-state index in [1.807, 2.05) is 73.3 Å². The molecule has 0 amide bonds. The molecule has 0 saturated carbocycles. The van der Waals surface area contributed by atoms with Gasteiger partial charge in [0, 0.05) is 23.4 Å². The first-order chi connectivity index (χ1) is 12.6. The summed E-state index contributed by atoms with van der Waals surface area (Å²) in [7, 11) is 1.64. The van der Waals surface area contributed by atoms with Gasteiger partial charge in [0.2, 0.25) is 0 Å². The van der Waals surface area contributed by atoms with E-state index in [0.717, 1.165) is 22.6 Å². The zero-order valence-electron chi connectivity index (χ0n) is 15.2. The number of methoxy groups -OCH3 is 1. The number of carbonyl (C=O) groups is 1. The minimum Gasteiger partial charge on any atom is -0.497 e. The van der Waals surface area contributed by atoms with Crippen molar-refractivity contribution in [2.24, 2.45) is 0 Å². The van der Waals surface area contributed by atoms with E-state index in [9.17, 15) is 4.79 Å². The third kappa shape index (κ3) is 3.35. The van der Waals surface area contributed by atoms with Gasteiger partial charge < -0.3 is 15.0 Å². The topological polar surface area (TPSA) is 41.6 Å². The molecule has 1 heterocycles.